The first-order chi connectivity index (χ1) is 10.3. The topological polar surface area (TPSA) is 21.3 Å². The molecule has 1 aromatic rings. The van der Waals surface area contributed by atoms with Gasteiger partial charge in [0.25, 0.3) is 0 Å². The van der Waals surface area contributed by atoms with E-state index in [9.17, 15) is 4.39 Å². The van der Waals surface area contributed by atoms with E-state index >= 15 is 0 Å². The van der Waals surface area contributed by atoms with Crippen LogP contribution in [0.4, 0.5) is 4.39 Å². The summed E-state index contributed by atoms with van der Waals surface area (Å²) in [5.74, 6) is 0.512. The van der Waals surface area contributed by atoms with E-state index in [0.717, 1.165) is 13.2 Å². The smallest absolute Gasteiger partial charge is 0.129 e. The van der Waals surface area contributed by atoms with E-state index in [2.05, 4.69) is 5.32 Å². The number of hydrogen-bond donors (Lipinski definition) is 1. The maximum absolute atomic E-state index is 14.0. The number of benzene rings is 1. The third-order valence-electron chi connectivity index (χ3n) is 4.68. The van der Waals surface area contributed by atoms with Gasteiger partial charge in [0.15, 0.2) is 0 Å². The van der Waals surface area contributed by atoms with Crippen molar-refractivity contribution in [2.45, 2.75) is 57.1 Å². The summed E-state index contributed by atoms with van der Waals surface area (Å²) in [5.41, 5.74) is 0.696. The fraction of sp³-hybridized carbons (Fsp3) is 0.667. The van der Waals surface area contributed by atoms with Crippen LogP contribution in [0.15, 0.2) is 24.3 Å². The molecule has 0 spiro atoms. The maximum atomic E-state index is 14.0. The largest absolute Gasteiger partial charge is 0.372 e. The van der Waals surface area contributed by atoms with Crippen molar-refractivity contribution >= 4 is 0 Å². The Hall–Kier alpha value is -0.930. The molecule has 1 aromatic carbocycles. The molecule has 3 heteroatoms. The predicted octanol–water partition coefficient (Wildman–Crippen LogP) is 4.22. The minimum Gasteiger partial charge on any atom is -0.372 e. The van der Waals surface area contributed by atoms with Crippen molar-refractivity contribution in [1.82, 2.24) is 5.32 Å². The Morgan fingerprint density at radius 1 is 1.10 bits per heavy atom. The standard InChI is InChI=1S/C18H26FNO/c19-17-9-5-4-8-16(17)18(12-20-15-10-11-15)21-13-14-6-2-1-3-7-14/h4-5,8-9,14-15,18,20H,1-3,6-7,10-13H2. The monoisotopic (exact) mass is 291 g/mol. The zero-order valence-corrected chi connectivity index (χ0v) is 12.7. The first-order valence-electron chi connectivity index (χ1n) is 8.42. The lowest BCUT2D eigenvalue weighted by molar-refractivity contribution is 0.0179. The molecule has 1 N–H and O–H groups in total. The summed E-state index contributed by atoms with van der Waals surface area (Å²) >= 11 is 0. The molecule has 3 rings (SSSR count). The van der Waals surface area contributed by atoms with E-state index in [1.165, 1.54) is 51.0 Å². The van der Waals surface area contributed by atoms with E-state index in [4.69, 9.17) is 4.74 Å². The molecule has 0 radical (unpaired) electrons. The van der Waals surface area contributed by atoms with Gasteiger partial charge in [0.05, 0.1) is 12.7 Å². The van der Waals surface area contributed by atoms with E-state index in [1.807, 2.05) is 12.1 Å². The second kappa shape index (κ2) is 7.37. The van der Waals surface area contributed by atoms with E-state index in [0.29, 0.717) is 17.5 Å². The van der Waals surface area contributed by atoms with Gasteiger partial charge in [0.1, 0.15) is 5.82 Å². The van der Waals surface area contributed by atoms with E-state index in [-0.39, 0.29) is 11.9 Å². The number of nitrogens with one attached hydrogen (secondary N) is 1. The number of hydrogen-bond acceptors (Lipinski definition) is 2. The first kappa shape index (κ1) is 15.0. The van der Waals surface area contributed by atoms with E-state index in [1.54, 1.807) is 6.07 Å². The Balaban J connectivity index is 1.59. The molecular formula is C18H26FNO. The Morgan fingerprint density at radius 3 is 2.57 bits per heavy atom. The number of halogens is 1. The van der Waals surface area contributed by atoms with Crippen LogP contribution in [-0.4, -0.2) is 19.2 Å². The fourth-order valence-corrected chi connectivity index (χ4v) is 3.16. The molecule has 0 aliphatic heterocycles. The van der Waals surface area contributed by atoms with Crippen molar-refractivity contribution in [3.05, 3.63) is 35.6 Å². The summed E-state index contributed by atoms with van der Waals surface area (Å²) in [4.78, 5) is 0. The highest BCUT2D eigenvalue weighted by Crippen LogP contribution is 2.28. The summed E-state index contributed by atoms with van der Waals surface area (Å²) in [5, 5.41) is 3.48. The van der Waals surface area contributed by atoms with Gasteiger partial charge < -0.3 is 10.1 Å². The Morgan fingerprint density at radius 2 is 1.86 bits per heavy atom. The SMILES string of the molecule is Fc1ccccc1C(CNC1CC1)OCC1CCCCC1. The summed E-state index contributed by atoms with van der Waals surface area (Å²) < 4.78 is 20.2. The van der Waals surface area contributed by atoms with Gasteiger partial charge in [0.2, 0.25) is 0 Å². The average molecular weight is 291 g/mol. The van der Waals surface area contributed by atoms with Gasteiger partial charge in [-0.3, -0.25) is 0 Å². The molecule has 2 aliphatic carbocycles. The second-order valence-electron chi connectivity index (χ2n) is 6.53. The molecule has 2 fully saturated rings. The molecular weight excluding hydrogens is 265 g/mol. The molecule has 0 heterocycles. The lowest BCUT2D eigenvalue weighted by Gasteiger charge is -2.25. The predicted molar refractivity (Wildman–Crippen MR) is 82.7 cm³/mol. The van der Waals surface area contributed by atoms with Crippen LogP contribution in [0.3, 0.4) is 0 Å². The molecule has 1 atom stereocenters. The van der Waals surface area contributed by atoms with Gasteiger partial charge in [-0.15, -0.1) is 0 Å². The highest BCUT2D eigenvalue weighted by Gasteiger charge is 2.25. The van der Waals surface area contributed by atoms with Crippen LogP contribution < -0.4 is 5.32 Å². The molecule has 2 aliphatic rings. The van der Waals surface area contributed by atoms with Gasteiger partial charge in [-0.1, -0.05) is 37.5 Å². The van der Waals surface area contributed by atoms with Gasteiger partial charge in [-0.2, -0.15) is 0 Å². The van der Waals surface area contributed by atoms with Gasteiger partial charge in [-0.05, 0) is 37.7 Å². The lowest BCUT2D eigenvalue weighted by Crippen LogP contribution is -2.27. The van der Waals surface area contributed by atoms with Crippen LogP contribution >= 0.6 is 0 Å². The number of rotatable bonds is 7. The third kappa shape index (κ3) is 4.52. The van der Waals surface area contributed by atoms with Crippen molar-refractivity contribution in [2.24, 2.45) is 5.92 Å². The van der Waals surface area contributed by atoms with Gasteiger partial charge in [0, 0.05) is 18.2 Å². The third-order valence-corrected chi connectivity index (χ3v) is 4.68. The zero-order chi connectivity index (χ0) is 14.5. The lowest BCUT2D eigenvalue weighted by atomic mass is 9.90. The van der Waals surface area contributed by atoms with E-state index < -0.39 is 0 Å². The molecule has 21 heavy (non-hydrogen) atoms. The van der Waals surface area contributed by atoms with Crippen molar-refractivity contribution in [3.8, 4) is 0 Å². The van der Waals surface area contributed by atoms with Crippen molar-refractivity contribution in [3.63, 3.8) is 0 Å². The molecule has 1 unspecified atom stereocenters. The average Bonchev–Trinajstić information content (AvgIpc) is 3.34. The van der Waals surface area contributed by atoms with Crippen molar-refractivity contribution in [1.29, 1.82) is 0 Å². The molecule has 116 valence electrons. The molecule has 2 saturated carbocycles. The minimum atomic E-state index is -0.159. The minimum absolute atomic E-state index is 0.149. The maximum Gasteiger partial charge on any atom is 0.129 e. The zero-order valence-electron chi connectivity index (χ0n) is 12.7. The number of ether oxygens (including phenoxy) is 1. The Bertz CT molecular complexity index is 441. The van der Waals surface area contributed by atoms with Crippen LogP contribution in [0.2, 0.25) is 0 Å². The molecule has 0 aromatic heterocycles. The van der Waals surface area contributed by atoms with Crippen LogP contribution in [0.25, 0.3) is 0 Å². The van der Waals surface area contributed by atoms with Crippen LogP contribution in [0.5, 0.6) is 0 Å². The summed E-state index contributed by atoms with van der Waals surface area (Å²) in [6, 6.07) is 7.65. The highest BCUT2D eigenvalue weighted by atomic mass is 19.1. The fourth-order valence-electron chi connectivity index (χ4n) is 3.16. The van der Waals surface area contributed by atoms with Crippen LogP contribution in [-0.2, 0) is 4.74 Å². The summed E-state index contributed by atoms with van der Waals surface area (Å²) in [7, 11) is 0. The highest BCUT2D eigenvalue weighted by molar-refractivity contribution is 5.20. The van der Waals surface area contributed by atoms with Crippen LogP contribution in [0, 0.1) is 11.7 Å². The Kier molecular flexibility index (Phi) is 5.26. The normalized spacial score (nSPS) is 21.4. The van der Waals surface area contributed by atoms with Gasteiger partial charge >= 0.3 is 0 Å². The summed E-state index contributed by atoms with van der Waals surface area (Å²) in [6.45, 7) is 1.49. The van der Waals surface area contributed by atoms with Gasteiger partial charge in [-0.25, -0.2) is 4.39 Å². The Labute approximate surface area is 127 Å². The quantitative estimate of drug-likeness (QED) is 0.812. The molecule has 2 nitrogen and oxygen atoms in total. The molecule has 0 amide bonds. The molecule has 0 bridgehead atoms. The van der Waals surface area contributed by atoms with Crippen LogP contribution in [0.1, 0.15) is 56.6 Å². The second-order valence-corrected chi connectivity index (χ2v) is 6.53. The van der Waals surface area contributed by atoms with Crippen molar-refractivity contribution < 1.29 is 9.13 Å². The first-order valence-corrected chi connectivity index (χ1v) is 8.42. The molecule has 0 saturated heterocycles. The summed E-state index contributed by atoms with van der Waals surface area (Å²) in [6.07, 6.45) is 8.85. The van der Waals surface area contributed by atoms with Crippen molar-refractivity contribution in [2.75, 3.05) is 13.2 Å².